The summed E-state index contributed by atoms with van der Waals surface area (Å²) in [6.45, 7) is 5.54. The molecule has 3 heterocycles. The van der Waals surface area contributed by atoms with Crippen LogP contribution in [0.4, 0.5) is 4.39 Å². The quantitative estimate of drug-likeness (QED) is 0.715. The van der Waals surface area contributed by atoms with Crippen molar-refractivity contribution in [3.05, 3.63) is 78.4 Å². The zero-order valence-corrected chi connectivity index (χ0v) is 17.0. The highest BCUT2D eigenvalue weighted by atomic mass is 19.1. The van der Waals surface area contributed by atoms with Gasteiger partial charge in [0.25, 0.3) is 0 Å². The van der Waals surface area contributed by atoms with Gasteiger partial charge < -0.3 is 9.80 Å². The van der Waals surface area contributed by atoms with E-state index in [9.17, 15) is 14.0 Å². The van der Waals surface area contributed by atoms with Crippen LogP contribution in [-0.2, 0) is 16.0 Å². The number of carbonyl (C=O) groups excluding carboxylic acids is 2. The molecule has 2 aliphatic rings. The molecule has 2 fully saturated rings. The van der Waals surface area contributed by atoms with Crippen LogP contribution in [0, 0.1) is 5.82 Å². The summed E-state index contributed by atoms with van der Waals surface area (Å²) < 4.78 is 13.1. The lowest BCUT2D eigenvalue weighted by Gasteiger charge is -2.48. The summed E-state index contributed by atoms with van der Waals surface area (Å²) in [5, 5.41) is 0. The lowest BCUT2D eigenvalue weighted by molar-refractivity contribution is -0.135. The normalized spacial score (nSPS) is 20.6. The molecule has 0 bridgehead atoms. The number of pyridine rings is 1. The molecule has 1 aromatic carbocycles. The van der Waals surface area contributed by atoms with Gasteiger partial charge in [0.2, 0.25) is 11.8 Å². The number of amides is 2. The van der Waals surface area contributed by atoms with Crippen LogP contribution in [0.5, 0.6) is 0 Å². The Hall–Kier alpha value is -3.02. The van der Waals surface area contributed by atoms with Crippen LogP contribution >= 0.6 is 0 Å². The Bertz CT molecular complexity index is 921. The van der Waals surface area contributed by atoms with E-state index in [4.69, 9.17) is 0 Å². The highest BCUT2D eigenvalue weighted by molar-refractivity contribution is 5.82. The van der Waals surface area contributed by atoms with E-state index in [1.54, 1.807) is 12.1 Å². The van der Waals surface area contributed by atoms with Crippen LogP contribution in [0.25, 0.3) is 0 Å². The van der Waals surface area contributed by atoms with Gasteiger partial charge in [0.1, 0.15) is 5.82 Å². The van der Waals surface area contributed by atoms with E-state index in [0.29, 0.717) is 31.7 Å². The fourth-order valence-electron chi connectivity index (χ4n) is 4.98. The highest BCUT2D eigenvalue weighted by Gasteiger charge is 2.53. The minimum Gasteiger partial charge on any atom is -0.342 e. The predicted octanol–water partition coefficient (Wildman–Crippen LogP) is 3.33. The summed E-state index contributed by atoms with van der Waals surface area (Å²) in [4.78, 5) is 33.4. The summed E-state index contributed by atoms with van der Waals surface area (Å²) in [6.07, 6.45) is 5.03. The second-order valence-corrected chi connectivity index (χ2v) is 8.09. The molecule has 0 radical (unpaired) electrons. The average molecular weight is 407 g/mol. The van der Waals surface area contributed by atoms with Crippen molar-refractivity contribution >= 4 is 11.8 Å². The first-order chi connectivity index (χ1) is 14.5. The van der Waals surface area contributed by atoms with E-state index in [2.05, 4.69) is 23.7 Å². The SMILES string of the molecule is C=CCN1C(=O)C[C@@H](c2ccccc2)C12CCN(C(=O)Cc1ccc(F)cn1)CC2. The number of piperidine rings is 1. The third-order valence-electron chi connectivity index (χ3n) is 6.48. The monoisotopic (exact) mass is 407 g/mol. The maximum atomic E-state index is 13.1. The van der Waals surface area contributed by atoms with E-state index in [0.717, 1.165) is 19.0 Å². The van der Waals surface area contributed by atoms with Crippen LogP contribution in [0.15, 0.2) is 61.3 Å². The Labute approximate surface area is 176 Å². The number of hydrogen-bond acceptors (Lipinski definition) is 3. The Kier molecular flexibility index (Phi) is 5.66. The van der Waals surface area contributed by atoms with Crippen LogP contribution in [0.2, 0.25) is 0 Å². The minimum absolute atomic E-state index is 0.0141. The van der Waals surface area contributed by atoms with Crippen molar-refractivity contribution in [1.29, 1.82) is 0 Å². The Balaban J connectivity index is 1.51. The number of halogens is 1. The van der Waals surface area contributed by atoms with E-state index in [1.807, 2.05) is 28.0 Å². The van der Waals surface area contributed by atoms with Crippen molar-refractivity contribution in [3.63, 3.8) is 0 Å². The highest BCUT2D eigenvalue weighted by Crippen LogP contribution is 2.48. The molecular weight excluding hydrogens is 381 g/mol. The maximum Gasteiger partial charge on any atom is 0.228 e. The standard InChI is InChI=1S/C24H26FN3O2/c1-2-12-28-23(30)16-21(18-6-4-3-5-7-18)24(28)10-13-27(14-11-24)22(29)15-20-9-8-19(25)17-26-20/h2-9,17,21H,1,10-16H2/t21-/m0/s1. The van der Waals surface area contributed by atoms with Gasteiger partial charge in [-0.25, -0.2) is 4.39 Å². The van der Waals surface area contributed by atoms with Gasteiger partial charge in [-0.05, 0) is 30.5 Å². The van der Waals surface area contributed by atoms with Crippen LogP contribution in [-0.4, -0.2) is 51.8 Å². The van der Waals surface area contributed by atoms with Gasteiger partial charge in [0.15, 0.2) is 0 Å². The van der Waals surface area contributed by atoms with Gasteiger partial charge in [-0.15, -0.1) is 6.58 Å². The van der Waals surface area contributed by atoms with Crippen LogP contribution in [0.3, 0.4) is 0 Å². The molecule has 1 aromatic heterocycles. The predicted molar refractivity (Wildman–Crippen MR) is 112 cm³/mol. The molecule has 0 aliphatic carbocycles. The minimum atomic E-state index is -0.411. The maximum absolute atomic E-state index is 13.1. The second-order valence-electron chi connectivity index (χ2n) is 8.09. The molecule has 156 valence electrons. The van der Waals surface area contributed by atoms with Gasteiger partial charge >= 0.3 is 0 Å². The van der Waals surface area contributed by atoms with Gasteiger partial charge in [-0.2, -0.15) is 0 Å². The van der Waals surface area contributed by atoms with Gasteiger partial charge in [-0.1, -0.05) is 36.4 Å². The summed E-state index contributed by atoms with van der Waals surface area (Å²) in [7, 11) is 0. The molecule has 0 saturated carbocycles. The van der Waals surface area contributed by atoms with Crippen molar-refractivity contribution in [2.45, 2.75) is 37.1 Å². The first kappa shape index (κ1) is 20.3. The molecule has 1 atom stereocenters. The van der Waals surface area contributed by atoms with Crippen molar-refractivity contribution < 1.29 is 14.0 Å². The zero-order valence-electron chi connectivity index (χ0n) is 17.0. The molecule has 4 rings (SSSR count). The first-order valence-corrected chi connectivity index (χ1v) is 10.4. The topological polar surface area (TPSA) is 53.5 Å². The molecular formula is C24H26FN3O2. The van der Waals surface area contributed by atoms with E-state index >= 15 is 0 Å². The summed E-state index contributed by atoms with van der Waals surface area (Å²) in [5.74, 6) is -0.160. The number of aromatic nitrogens is 1. The molecule has 1 spiro atoms. The van der Waals surface area contributed by atoms with Crippen molar-refractivity contribution in [2.24, 2.45) is 0 Å². The molecule has 6 heteroatoms. The lowest BCUT2D eigenvalue weighted by Crippen LogP contribution is -2.56. The van der Waals surface area contributed by atoms with Crippen molar-refractivity contribution in [3.8, 4) is 0 Å². The Morgan fingerprint density at radius 1 is 1.20 bits per heavy atom. The lowest BCUT2D eigenvalue weighted by atomic mass is 9.73. The molecule has 2 amide bonds. The number of nitrogens with zero attached hydrogens (tertiary/aromatic N) is 3. The molecule has 0 unspecified atom stereocenters. The van der Waals surface area contributed by atoms with Gasteiger partial charge in [-0.3, -0.25) is 14.6 Å². The van der Waals surface area contributed by atoms with Crippen molar-refractivity contribution in [1.82, 2.24) is 14.8 Å². The molecule has 2 aromatic rings. The number of rotatable bonds is 5. The number of hydrogen-bond donors (Lipinski definition) is 0. The largest absolute Gasteiger partial charge is 0.342 e. The van der Waals surface area contributed by atoms with Gasteiger partial charge in [0.05, 0.1) is 18.2 Å². The van der Waals surface area contributed by atoms with Crippen molar-refractivity contribution in [2.75, 3.05) is 19.6 Å². The smallest absolute Gasteiger partial charge is 0.228 e. The molecule has 30 heavy (non-hydrogen) atoms. The third-order valence-corrected chi connectivity index (χ3v) is 6.48. The van der Waals surface area contributed by atoms with E-state index in [1.165, 1.54) is 11.6 Å². The van der Waals surface area contributed by atoms with E-state index < -0.39 is 5.82 Å². The van der Waals surface area contributed by atoms with Gasteiger partial charge in [0, 0.05) is 37.7 Å². The summed E-state index contributed by atoms with van der Waals surface area (Å²) in [6, 6.07) is 13.1. The first-order valence-electron chi connectivity index (χ1n) is 10.4. The molecule has 0 N–H and O–H groups in total. The molecule has 5 nitrogen and oxygen atoms in total. The summed E-state index contributed by atoms with van der Waals surface area (Å²) >= 11 is 0. The molecule has 2 aliphatic heterocycles. The number of benzene rings is 1. The van der Waals surface area contributed by atoms with Crippen LogP contribution < -0.4 is 0 Å². The second kappa shape index (κ2) is 8.38. The average Bonchev–Trinajstić information content (AvgIpc) is 3.03. The third kappa shape index (κ3) is 3.74. The number of likely N-dealkylation sites (tertiary alicyclic amines) is 2. The number of carbonyl (C=O) groups is 2. The Morgan fingerprint density at radius 3 is 2.57 bits per heavy atom. The molecule has 2 saturated heterocycles. The fourth-order valence-corrected chi connectivity index (χ4v) is 4.98. The Morgan fingerprint density at radius 2 is 1.93 bits per heavy atom. The fraction of sp³-hybridized carbons (Fsp3) is 0.375. The summed E-state index contributed by atoms with van der Waals surface area (Å²) in [5.41, 5.74) is 1.44. The van der Waals surface area contributed by atoms with Crippen LogP contribution in [0.1, 0.15) is 36.4 Å². The zero-order chi connectivity index (χ0) is 21.1. The van der Waals surface area contributed by atoms with E-state index in [-0.39, 0.29) is 29.7 Å².